The average Bonchev–Trinajstić information content (AvgIpc) is 3.25. The lowest BCUT2D eigenvalue weighted by atomic mass is 9.94. The van der Waals surface area contributed by atoms with Gasteiger partial charge in [0.2, 0.25) is 5.91 Å². The molecule has 3 nitrogen and oxygen atoms in total. The third kappa shape index (κ3) is 3.53. The summed E-state index contributed by atoms with van der Waals surface area (Å²) >= 11 is 5.99. The van der Waals surface area contributed by atoms with Crippen LogP contribution in [0, 0.1) is 5.92 Å². The largest absolute Gasteiger partial charge is 0.354 e. The van der Waals surface area contributed by atoms with Crippen molar-refractivity contribution in [2.45, 2.75) is 44.6 Å². The first-order valence-electron chi connectivity index (χ1n) is 7.31. The van der Waals surface area contributed by atoms with Crippen LogP contribution < -0.4 is 11.1 Å². The van der Waals surface area contributed by atoms with Crippen molar-refractivity contribution in [3.8, 4) is 0 Å². The molecule has 1 aromatic rings. The van der Waals surface area contributed by atoms with Crippen LogP contribution in [0.15, 0.2) is 24.3 Å². The molecule has 1 saturated carbocycles. The van der Waals surface area contributed by atoms with Crippen LogP contribution in [-0.2, 0) is 4.79 Å². The first-order valence-corrected chi connectivity index (χ1v) is 7.69. The van der Waals surface area contributed by atoms with Crippen molar-refractivity contribution in [3.05, 3.63) is 34.9 Å². The number of carbonyl (C=O) groups excluding carboxylic acids is 1. The molecule has 20 heavy (non-hydrogen) atoms. The van der Waals surface area contributed by atoms with E-state index in [1.807, 2.05) is 24.3 Å². The van der Waals surface area contributed by atoms with Crippen molar-refractivity contribution in [1.82, 2.24) is 5.32 Å². The van der Waals surface area contributed by atoms with Gasteiger partial charge >= 0.3 is 0 Å². The molecule has 1 aliphatic rings. The number of nitrogens with two attached hydrogens (primary N) is 1. The SMILES string of the molecule is CCC(N)(CC)CNC(=O)C1CC1c1cccc(Cl)c1. The highest BCUT2D eigenvalue weighted by atomic mass is 35.5. The zero-order valence-electron chi connectivity index (χ0n) is 12.2. The van der Waals surface area contributed by atoms with E-state index >= 15 is 0 Å². The summed E-state index contributed by atoms with van der Waals surface area (Å²) in [6.07, 6.45) is 2.64. The van der Waals surface area contributed by atoms with Crippen molar-refractivity contribution in [2.24, 2.45) is 11.7 Å². The molecule has 2 unspecified atom stereocenters. The summed E-state index contributed by atoms with van der Waals surface area (Å²) in [5.41, 5.74) is 7.07. The predicted molar refractivity (Wildman–Crippen MR) is 82.8 cm³/mol. The van der Waals surface area contributed by atoms with Gasteiger partial charge in [-0.3, -0.25) is 4.79 Å². The van der Waals surface area contributed by atoms with Crippen LogP contribution in [0.25, 0.3) is 0 Å². The molecule has 0 bridgehead atoms. The molecule has 1 aromatic carbocycles. The third-order valence-electron chi connectivity index (χ3n) is 4.43. The maximum atomic E-state index is 12.2. The summed E-state index contributed by atoms with van der Waals surface area (Å²) in [5.74, 6) is 0.502. The predicted octanol–water partition coefficient (Wildman–Crippen LogP) is 3.08. The van der Waals surface area contributed by atoms with E-state index in [-0.39, 0.29) is 17.4 Å². The lowest BCUT2D eigenvalue weighted by Gasteiger charge is -2.26. The molecule has 1 fully saturated rings. The molecule has 0 spiro atoms. The van der Waals surface area contributed by atoms with E-state index in [0.29, 0.717) is 12.5 Å². The van der Waals surface area contributed by atoms with Crippen molar-refractivity contribution in [3.63, 3.8) is 0 Å². The molecule has 4 heteroatoms. The quantitative estimate of drug-likeness (QED) is 0.847. The number of hydrogen-bond donors (Lipinski definition) is 2. The van der Waals surface area contributed by atoms with Crippen LogP contribution in [0.3, 0.4) is 0 Å². The Balaban J connectivity index is 1.87. The fourth-order valence-corrected chi connectivity index (χ4v) is 2.68. The number of halogens is 1. The van der Waals surface area contributed by atoms with Gasteiger partial charge in [0.1, 0.15) is 0 Å². The highest BCUT2D eigenvalue weighted by Gasteiger charge is 2.44. The van der Waals surface area contributed by atoms with E-state index in [4.69, 9.17) is 17.3 Å². The molecule has 0 radical (unpaired) electrons. The standard InChI is InChI=1S/C16H23ClN2O/c1-3-16(18,4-2)10-19-15(20)14-9-13(14)11-6-5-7-12(17)8-11/h5-8,13-14H,3-4,9-10,18H2,1-2H3,(H,19,20). The fraction of sp³-hybridized carbons (Fsp3) is 0.562. The normalized spacial score (nSPS) is 21.6. The summed E-state index contributed by atoms with van der Waals surface area (Å²) in [6, 6.07) is 7.78. The highest BCUT2D eigenvalue weighted by Crippen LogP contribution is 2.47. The average molecular weight is 295 g/mol. The van der Waals surface area contributed by atoms with Crippen LogP contribution in [-0.4, -0.2) is 18.0 Å². The van der Waals surface area contributed by atoms with Gasteiger partial charge in [0.25, 0.3) is 0 Å². The molecule has 2 atom stereocenters. The monoisotopic (exact) mass is 294 g/mol. The Bertz CT molecular complexity index is 485. The van der Waals surface area contributed by atoms with Crippen LogP contribution >= 0.6 is 11.6 Å². The van der Waals surface area contributed by atoms with E-state index < -0.39 is 0 Å². The second-order valence-electron chi connectivity index (χ2n) is 5.79. The first-order chi connectivity index (χ1) is 9.49. The molecule has 0 saturated heterocycles. The summed E-state index contributed by atoms with van der Waals surface area (Å²) in [5, 5.41) is 3.73. The Labute approximate surface area is 125 Å². The number of carbonyl (C=O) groups is 1. The first kappa shape index (κ1) is 15.3. The number of rotatable bonds is 6. The zero-order valence-corrected chi connectivity index (χ0v) is 12.9. The van der Waals surface area contributed by atoms with Gasteiger partial charge in [-0.25, -0.2) is 0 Å². The molecular formula is C16H23ClN2O. The van der Waals surface area contributed by atoms with E-state index in [0.717, 1.165) is 29.8 Å². The summed E-state index contributed by atoms with van der Waals surface area (Å²) in [4.78, 5) is 12.2. The van der Waals surface area contributed by atoms with E-state index in [2.05, 4.69) is 19.2 Å². The molecule has 0 aromatic heterocycles. The smallest absolute Gasteiger partial charge is 0.223 e. The Morgan fingerprint density at radius 3 is 2.75 bits per heavy atom. The van der Waals surface area contributed by atoms with Crippen LogP contribution in [0.2, 0.25) is 5.02 Å². The molecule has 0 aliphatic heterocycles. The number of benzene rings is 1. The van der Waals surface area contributed by atoms with Gasteiger partial charge in [-0.2, -0.15) is 0 Å². The number of nitrogens with one attached hydrogen (secondary N) is 1. The minimum atomic E-state index is -0.282. The Hall–Kier alpha value is -1.06. The van der Waals surface area contributed by atoms with Crippen LogP contribution in [0.1, 0.15) is 44.6 Å². The second kappa shape index (κ2) is 6.15. The molecule has 110 valence electrons. The summed E-state index contributed by atoms with van der Waals surface area (Å²) in [7, 11) is 0. The number of hydrogen-bond acceptors (Lipinski definition) is 2. The lowest BCUT2D eigenvalue weighted by molar-refractivity contribution is -0.122. The number of amides is 1. The molecule has 2 rings (SSSR count). The highest BCUT2D eigenvalue weighted by molar-refractivity contribution is 6.30. The minimum absolute atomic E-state index is 0.0754. The maximum Gasteiger partial charge on any atom is 0.223 e. The van der Waals surface area contributed by atoms with Gasteiger partial charge < -0.3 is 11.1 Å². The van der Waals surface area contributed by atoms with Crippen molar-refractivity contribution < 1.29 is 4.79 Å². The van der Waals surface area contributed by atoms with E-state index in [1.165, 1.54) is 0 Å². The topological polar surface area (TPSA) is 55.1 Å². The molecule has 1 amide bonds. The fourth-order valence-electron chi connectivity index (χ4n) is 2.48. The van der Waals surface area contributed by atoms with Gasteiger partial charge in [-0.05, 0) is 42.9 Å². The van der Waals surface area contributed by atoms with Gasteiger partial charge in [-0.1, -0.05) is 37.6 Å². The minimum Gasteiger partial charge on any atom is -0.354 e. The van der Waals surface area contributed by atoms with Gasteiger partial charge in [0, 0.05) is 23.0 Å². The zero-order chi connectivity index (χ0) is 14.8. The summed E-state index contributed by atoms with van der Waals surface area (Å²) in [6.45, 7) is 4.67. The van der Waals surface area contributed by atoms with E-state index in [1.54, 1.807) is 0 Å². The van der Waals surface area contributed by atoms with E-state index in [9.17, 15) is 4.79 Å². The van der Waals surface area contributed by atoms with Crippen molar-refractivity contribution in [1.29, 1.82) is 0 Å². The Morgan fingerprint density at radius 1 is 1.45 bits per heavy atom. The molecular weight excluding hydrogens is 272 g/mol. The van der Waals surface area contributed by atoms with Crippen LogP contribution in [0.4, 0.5) is 0 Å². The molecule has 0 heterocycles. The Kier molecular flexibility index (Phi) is 4.71. The lowest BCUT2D eigenvalue weighted by Crippen LogP contribution is -2.49. The van der Waals surface area contributed by atoms with Gasteiger partial charge in [0.05, 0.1) is 0 Å². The van der Waals surface area contributed by atoms with Crippen molar-refractivity contribution >= 4 is 17.5 Å². The molecule has 3 N–H and O–H groups in total. The second-order valence-corrected chi connectivity index (χ2v) is 6.23. The van der Waals surface area contributed by atoms with Crippen LogP contribution in [0.5, 0.6) is 0 Å². The summed E-state index contributed by atoms with van der Waals surface area (Å²) < 4.78 is 0. The Morgan fingerprint density at radius 2 is 2.15 bits per heavy atom. The molecule has 1 aliphatic carbocycles. The van der Waals surface area contributed by atoms with Gasteiger partial charge in [-0.15, -0.1) is 0 Å². The maximum absolute atomic E-state index is 12.2. The van der Waals surface area contributed by atoms with Gasteiger partial charge in [0.15, 0.2) is 0 Å². The van der Waals surface area contributed by atoms with Crippen molar-refractivity contribution in [2.75, 3.05) is 6.54 Å². The third-order valence-corrected chi connectivity index (χ3v) is 4.66.